The molecular formula is C27H23F3N2O4S. The highest BCUT2D eigenvalue weighted by atomic mass is 32.2. The third-order valence-electron chi connectivity index (χ3n) is 5.60. The zero-order valence-corrected chi connectivity index (χ0v) is 20.6. The van der Waals surface area contributed by atoms with Crippen LogP contribution in [0.25, 0.3) is 11.1 Å². The molecule has 1 atom stereocenters. The lowest BCUT2D eigenvalue weighted by Crippen LogP contribution is -2.25. The number of benzene rings is 3. The molecule has 4 rings (SSSR count). The molecule has 1 N–H and O–H groups in total. The lowest BCUT2D eigenvalue weighted by Gasteiger charge is -2.09. The molecule has 0 aliphatic carbocycles. The van der Waals surface area contributed by atoms with E-state index in [1.54, 1.807) is 19.1 Å². The van der Waals surface area contributed by atoms with Crippen molar-refractivity contribution < 1.29 is 32.3 Å². The number of nitrogens with one attached hydrogen (secondary N) is 1. The third-order valence-corrected chi connectivity index (χ3v) is 6.59. The summed E-state index contributed by atoms with van der Waals surface area (Å²) in [4.78, 5) is 28.3. The molecule has 0 radical (unpaired) electrons. The number of thioether (sulfide) groups is 1. The Balaban J connectivity index is 1.22. The molecule has 3 aromatic carbocycles. The number of hydrogen-bond donors (Lipinski definition) is 1. The van der Waals surface area contributed by atoms with Crippen LogP contribution in [0.4, 0.5) is 18.0 Å². The molecule has 1 saturated heterocycles. The van der Waals surface area contributed by atoms with Gasteiger partial charge in [-0.25, -0.2) is 0 Å². The second-order valence-electron chi connectivity index (χ2n) is 8.24. The van der Waals surface area contributed by atoms with E-state index >= 15 is 0 Å². The number of amides is 2. The van der Waals surface area contributed by atoms with E-state index in [0.29, 0.717) is 23.4 Å². The fraction of sp³-hybridized carbons (Fsp3) is 0.222. The maximum atomic E-state index is 12.7. The molecule has 37 heavy (non-hydrogen) atoms. The number of ether oxygens (including phenoxy) is 1. The molecule has 1 unspecified atom stereocenters. The summed E-state index contributed by atoms with van der Waals surface area (Å²) < 4.78 is 43.9. The number of oxime groups is 1. The lowest BCUT2D eigenvalue weighted by molar-refractivity contribution is -0.137. The van der Waals surface area contributed by atoms with Gasteiger partial charge in [0.15, 0.2) is 6.61 Å². The van der Waals surface area contributed by atoms with Crippen molar-refractivity contribution in [3.8, 4) is 16.9 Å². The van der Waals surface area contributed by atoms with Crippen LogP contribution in [0.1, 0.15) is 23.6 Å². The van der Waals surface area contributed by atoms with E-state index in [0.717, 1.165) is 40.6 Å². The highest BCUT2D eigenvalue weighted by Gasteiger charge is 2.31. The summed E-state index contributed by atoms with van der Waals surface area (Å²) >= 11 is 0.999. The number of halogens is 3. The second-order valence-corrected chi connectivity index (χ2v) is 9.42. The molecule has 0 saturated carbocycles. The van der Waals surface area contributed by atoms with Crippen LogP contribution < -0.4 is 10.1 Å². The van der Waals surface area contributed by atoms with Crippen molar-refractivity contribution in [2.24, 2.45) is 5.16 Å². The van der Waals surface area contributed by atoms with Crippen LogP contribution in [-0.4, -0.2) is 35.3 Å². The van der Waals surface area contributed by atoms with Gasteiger partial charge < -0.3 is 9.57 Å². The summed E-state index contributed by atoms with van der Waals surface area (Å²) in [6.45, 7) is 2.30. The largest absolute Gasteiger partial charge is 0.490 e. The predicted octanol–water partition coefficient (Wildman–Crippen LogP) is 6.09. The average molecular weight is 529 g/mol. The molecule has 1 heterocycles. The van der Waals surface area contributed by atoms with Gasteiger partial charge in [-0.1, -0.05) is 65.4 Å². The summed E-state index contributed by atoms with van der Waals surface area (Å²) in [6, 6.07) is 19.6. The van der Waals surface area contributed by atoms with Crippen LogP contribution in [0.5, 0.6) is 5.75 Å². The Bertz CT molecular complexity index is 1280. The Labute approximate surface area is 215 Å². The Morgan fingerprint density at radius 1 is 0.919 bits per heavy atom. The first-order valence-corrected chi connectivity index (χ1v) is 12.2. The Morgan fingerprint density at radius 3 is 2.11 bits per heavy atom. The van der Waals surface area contributed by atoms with Gasteiger partial charge in [0.2, 0.25) is 5.91 Å². The summed E-state index contributed by atoms with van der Waals surface area (Å²) in [5.41, 5.74) is 3.20. The zero-order valence-electron chi connectivity index (χ0n) is 19.7. The van der Waals surface area contributed by atoms with Crippen LogP contribution in [0.2, 0.25) is 0 Å². The van der Waals surface area contributed by atoms with E-state index < -0.39 is 17.0 Å². The van der Waals surface area contributed by atoms with Gasteiger partial charge in [0.1, 0.15) is 12.4 Å². The van der Waals surface area contributed by atoms with Gasteiger partial charge in [0, 0.05) is 0 Å². The van der Waals surface area contributed by atoms with Crippen molar-refractivity contribution in [1.29, 1.82) is 0 Å². The van der Waals surface area contributed by atoms with E-state index in [9.17, 15) is 22.8 Å². The summed E-state index contributed by atoms with van der Waals surface area (Å²) in [5.74, 6) is 0.380. The van der Waals surface area contributed by atoms with E-state index in [1.807, 2.05) is 36.4 Å². The van der Waals surface area contributed by atoms with E-state index in [4.69, 9.17) is 9.57 Å². The van der Waals surface area contributed by atoms with Crippen molar-refractivity contribution in [3.63, 3.8) is 0 Å². The van der Waals surface area contributed by atoms with Crippen molar-refractivity contribution in [2.45, 2.75) is 24.8 Å². The first-order chi connectivity index (χ1) is 17.7. The minimum absolute atomic E-state index is 0.226. The van der Waals surface area contributed by atoms with Crippen molar-refractivity contribution in [2.75, 3.05) is 13.2 Å². The van der Waals surface area contributed by atoms with Crippen LogP contribution in [0.3, 0.4) is 0 Å². The summed E-state index contributed by atoms with van der Waals surface area (Å²) in [5, 5.41) is 5.65. The highest BCUT2D eigenvalue weighted by molar-refractivity contribution is 8.15. The monoisotopic (exact) mass is 528 g/mol. The molecule has 10 heteroatoms. The Hall–Kier alpha value is -3.79. The minimum Gasteiger partial charge on any atom is -0.490 e. The predicted molar refractivity (Wildman–Crippen MR) is 136 cm³/mol. The summed E-state index contributed by atoms with van der Waals surface area (Å²) in [6.07, 6.45) is -3.89. The molecule has 1 aliphatic rings. The highest BCUT2D eigenvalue weighted by Crippen LogP contribution is 2.31. The van der Waals surface area contributed by atoms with Gasteiger partial charge >= 0.3 is 6.18 Å². The lowest BCUT2D eigenvalue weighted by atomic mass is 10.0. The van der Waals surface area contributed by atoms with Crippen molar-refractivity contribution in [3.05, 3.63) is 89.5 Å². The molecule has 6 nitrogen and oxygen atoms in total. The van der Waals surface area contributed by atoms with Crippen molar-refractivity contribution >= 4 is 28.6 Å². The van der Waals surface area contributed by atoms with Gasteiger partial charge in [-0.05, 0) is 59.9 Å². The van der Waals surface area contributed by atoms with Gasteiger partial charge in [-0.2, -0.15) is 13.2 Å². The number of nitrogens with zero attached hydrogens (tertiary/aromatic N) is 1. The normalized spacial score (nSPS) is 16.0. The third kappa shape index (κ3) is 7.13. The standard InChI is InChI=1S/C27H23F3N2O4S/c1-17(19-4-6-20(7-5-19)21-8-10-22(11-9-21)27(28,29)30)32-36-15-14-35-23-12-2-18(3-13-23)16-24-25(33)31-26(34)37-24/h2-13,24H,14-16H2,1H3,(H,31,33,34). The molecule has 3 aromatic rings. The average Bonchev–Trinajstić information content (AvgIpc) is 3.20. The zero-order chi connectivity index (χ0) is 26.4. The molecule has 0 spiro atoms. The molecule has 0 bridgehead atoms. The molecule has 1 fully saturated rings. The molecule has 192 valence electrons. The smallest absolute Gasteiger partial charge is 0.416 e. The van der Waals surface area contributed by atoms with Crippen LogP contribution in [0.15, 0.2) is 78.0 Å². The number of imide groups is 1. The topological polar surface area (TPSA) is 77.0 Å². The summed E-state index contributed by atoms with van der Waals surface area (Å²) in [7, 11) is 0. The first kappa shape index (κ1) is 26.3. The van der Waals surface area contributed by atoms with Crippen molar-refractivity contribution in [1.82, 2.24) is 5.32 Å². The minimum atomic E-state index is -4.36. The van der Waals surface area contributed by atoms with Gasteiger partial charge in [0.05, 0.1) is 16.5 Å². The molecular weight excluding hydrogens is 505 g/mol. The number of alkyl halides is 3. The number of hydrogen-bond acceptors (Lipinski definition) is 6. The Kier molecular flexibility index (Phi) is 8.17. The molecule has 1 aliphatic heterocycles. The molecule has 2 amide bonds. The maximum Gasteiger partial charge on any atom is 0.416 e. The number of carbonyl (C=O) groups is 2. The van der Waals surface area contributed by atoms with E-state index in [-0.39, 0.29) is 24.4 Å². The van der Waals surface area contributed by atoms with E-state index in [1.165, 1.54) is 12.1 Å². The first-order valence-electron chi connectivity index (χ1n) is 11.4. The second kappa shape index (κ2) is 11.5. The maximum absolute atomic E-state index is 12.7. The van der Waals surface area contributed by atoms with Crippen LogP contribution in [-0.2, 0) is 22.2 Å². The van der Waals surface area contributed by atoms with Crippen LogP contribution >= 0.6 is 11.8 Å². The fourth-order valence-corrected chi connectivity index (χ4v) is 4.47. The number of rotatable bonds is 9. The van der Waals surface area contributed by atoms with E-state index in [2.05, 4.69) is 10.5 Å². The fourth-order valence-electron chi connectivity index (χ4n) is 3.61. The number of carbonyl (C=O) groups excluding carboxylic acids is 2. The quantitative estimate of drug-likeness (QED) is 0.207. The molecule has 0 aromatic heterocycles. The van der Waals surface area contributed by atoms with Gasteiger partial charge in [-0.15, -0.1) is 0 Å². The Morgan fingerprint density at radius 2 is 1.54 bits per heavy atom. The van der Waals surface area contributed by atoms with Gasteiger partial charge in [0.25, 0.3) is 5.24 Å². The van der Waals surface area contributed by atoms with Gasteiger partial charge in [-0.3, -0.25) is 14.9 Å². The SMILES string of the molecule is CC(=NOCCOc1ccc(CC2SC(=O)NC2=O)cc1)c1ccc(-c2ccc(C(F)(F)F)cc2)cc1. The van der Waals surface area contributed by atoms with Crippen LogP contribution in [0, 0.1) is 0 Å².